The third kappa shape index (κ3) is 3.96. The number of likely N-dealkylation sites (N-methyl/N-ethyl adjacent to an activating group) is 1. The van der Waals surface area contributed by atoms with Crippen molar-refractivity contribution in [2.24, 2.45) is 0 Å². The Morgan fingerprint density at radius 1 is 1.12 bits per heavy atom. The lowest BCUT2D eigenvalue weighted by Gasteiger charge is -2.30. The number of hydrogen-bond donors (Lipinski definition) is 1. The fraction of sp³-hybridized carbons (Fsp3) is 0.588. The van der Waals surface area contributed by atoms with Crippen LogP contribution in [-0.4, -0.2) is 62.8 Å². The second-order valence-electron chi connectivity index (χ2n) is 6.26. The number of piperazine rings is 1. The van der Waals surface area contributed by atoms with Gasteiger partial charge >= 0.3 is 0 Å². The highest BCUT2D eigenvalue weighted by Gasteiger charge is 2.29. The smallest absolute Gasteiger partial charge is 0.243 e. The molecule has 134 valence electrons. The summed E-state index contributed by atoms with van der Waals surface area (Å²) in [7, 11) is -3.68. The lowest BCUT2D eigenvalue weighted by Crippen LogP contribution is -2.50. The molecule has 2 rings (SSSR count). The highest BCUT2D eigenvalue weighted by Crippen LogP contribution is 2.23. The van der Waals surface area contributed by atoms with Crippen LogP contribution in [-0.2, 0) is 14.8 Å². The van der Waals surface area contributed by atoms with Gasteiger partial charge in [-0.1, -0.05) is 13.0 Å². The van der Waals surface area contributed by atoms with Crippen molar-refractivity contribution in [3.63, 3.8) is 0 Å². The lowest BCUT2D eigenvalue weighted by molar-refractivity contribution is -0.131. The van der Waals surface area contributed by atoms with Crippen LogP contribution in [0, 0.1) is 20.8 Å². The molecule has 0 spiro atoms. The van der Waals surface area contributed by atoms with E-state index in [1.165, 1.54) is 4.31 Å². The van der Waals surface area contributed by atoms with Gasteiger partial charge in [0.1, 0.15) is 0 Å². The molecule has 0 atom stereocenters. The average molecular weight is 353 g/mol. The Hall–Kier alpha value is -1.44. The van der Waals surface area contributed by atoms with E-state index < -0.39 is 10.0 Å². The van der Waals surface area contributed by atoms with Crippen LogP contribution >= 0.6 is 0 Å². The number of nitrogens with zero attached hydrogens (tertiary/aromatic N) is 2. The summed E-state index contributed by atoms with van der Waals surface area (Å²) in [6, 6.07) is 3.59. The molecule has 1 aromatic carbocycles. The highest BCUT2D eigenvalue weighted by molar-refractivity contribution is 7.89. The van der Waals surface area contributed by atoms with Gasteiger partial charge in [0.2, 0.25) is 15.9 Å². The number of carbonyl (C=O) groups excluding carboxylic acids is 1. The number of carbonyl (C=O) groups is 1. The molecule has 1 aliphatic heterocycles. The third-order valence-electron chi connectivity index (χ3n) is 4.54. The first-order valence-electron chi connectivity index (χ1n) is 8.34. The van der Waals surface area contributed by atoms with Gasteiger partial charge in [0, 0.05) is 32.7 Å². The molecule has 1 heterocycles. The van der Waals surface area contributed by atoms with E-state index in [2.05, 4.69) is 5.32 Å². The van der Waals surface area contributed by atoms with Crippen LogP contribution in [0.4, 0.5) is 0 Å². The van der Waals surface area contributed by atoms with E-state index in [4.69, 9.17) is 0 Å². The van der Waals surface area contributed by atoms with Crippen molar-refractivity contribution in [3.05, 3.63) is 28.8 Å². The van der Waals surface area contributed by atoms with Gasteiger partial charge in [-0.2, -0.15) is 4.31 Å². The molecule has 0 radical (unpaired) electrons. The van der Waals surface area contributed by atoms with E-state index in [0.717, 1.165) is 24.2 Å². The molecule has 24 heavy (non-hydrogen) atoms. The van der Waals surface area contributed by atoms with Crippen molar-refractivity contribution >= 4 is 15.9 Å². The number of amides is 1. The second kappa shape index (κ2) is 7.63. The summed E-state index contributed by atoms with van der Waals surface area (Å²) in [6.07, 6.45) is 0. The van der Waals surface area contributed by atoms with Crippen LogP contribution in [0.2, 0.25) is 0 Å². The van der Waals surface area contributed by atoms with Crippen molar-refractivity contribution < 1.29 is 13.2 Å². The molecule has 1 amide bonds. The predicted molar refractivity (Wildman–Crippen MR) is 94.5 cm³/mol. The zero-order chi connectivity index (χ0) is 17.9. The minimum atomic E-state index is -3.68. The molecule has 0 saturated carbocycles. The van der Waals surface area contributed by atoms with Crippen molar-refractivity contribution in [2.45, 2.75) is 32.6 Å². The lowest BCUT2D eigenvalue weighted by atomic mass is 10.1. The van der Waals surface area contributed by atoms with Gasteiger partial charge < -0.3 is 10.2 Å². The van der Waals surface area contributed by atoms with Crippen molar-refractivity contribution in [1.29, 1.82) is 0 Å². The van der Waals surface area contributed by atoms with Gasteiger partial charge in [-0.3, -0.25) is 4.79 Å². The zero-order valence-corrected chi connectivity index (χ0v) is 15.7. The van der Waals surface area contributed by atoms with E-state index in [1.54, 1.807) is 24.8 Å². The van der Waals surface area contributed by atoms with Crippen molar-refractivity contribution in [3.8, 4) is 0 Å². The van der Waals surface area contributed by atoms with E-state index in [0.29, 0.717) is 23.5 Å². The minimum Gasteiger partial charge on any atom is -0.339 e. The first kappa shape index (κ1) is 18.9. The van der Waals surface area contributed by atoms with Crippen molar-refractivity contribution in [2.75, 3.05) is 39.3 Å². The predicted octanol–water partition coefficient (Wildman–Crippen LogP) is 1.05. The van der Waals surface area contributed by atoms with Crippen LogP contribution in [0.5, 0.6) is 0 Å². The van der Waals surface area contributed by atoms with Crippen LogP contribution in [0.25, 0.3) is 0 Å². The molecule has 0 aliphatic carbocycles. The minimum absolute atomic E-state index is 0.106. The van der Waals surface area contributed by atoms with Gasteiger partial charge in [0.25, 0.3) is 0 Å². The normalized spacial score (nSPS) is 15.8. The molecule has 7 heteroatoms. The number of hydrogen-bond acceptors (Lipinski definition) is 4. The first-order chi connectivity index (χ1) is 11.3. The van der Waals surface area contributed by atoms with E-state index in [1.807, 2.05) is 19.9 Å². The van der Waals surface area contributed by atoms with Crippen LogP contribution in [0.3, 0.4) is 0 Å². The fourth-order valence-electron chi connectivity index (χ4n) is 2.88. The SMILES string of the molecule is CCN(CC(=O)N1CCNCC1)S(=O)(=O)c1cc(C)c(C)cc1C. The molecule has 1 N–H and O–H groups in total. The molecule has 0 bridgehead atoms. The summed E-state index contributed by atoms with van der Waals surface area (Å²) in [4.78, 5) is 14.5. The monoisotopic (exact) mass is 353 g/mol. The second-order valence-corrected chi connectivity index (χ2v) is 8.17. The summed E-state index contributed by atoms with van der Waals surface area (Å²) in [5.74, 6) is -0.136. The Balaban J connectivity index is 2.25. The molecule has 1 aliphatic rings. The molecule has 6 nitrogen and oxygen atoms in total. The van der Waals surface area contributed by atoms with E-state index in [-0.39, 0.29) is 19.0 Å². The van der Waals surface area contributed by atoms with Gasteiger partial charge in [0.05, 0.1) is 11.4 Å². The summed E-state index contributed by atoms with van der Waals surface area (Å²) < 4.78 is 27.3. The van der Waals surface area contributed by atoms with Crippen LogP contribution in [0.1, 0.15) is 23.6 Å². The number of nitrogens with one attached hydrogen (secondary N) is 1. The summed E-state index contributed by atoms with van der Waals surface area (Å²) >= 11 is 0. The molecule has 0 aromatic heterocycles. The van der Waals surface area contributed by atoms with E-state index in [9.17, 15) is 13.2 Å². The Kier molecular flexibility index (Phi) is 6.01. The van der Waals surface area contributed by atoms with Gasteiger partial charge in [-0.25, -0.2) is 8.42 Å². The van der Waals surface area contributed by atoms with Gasteiger partial charge in [-0.15, -0.1) is 0 Å². The molecule has 1 fully saturated rings. The molecular formula is C17H27N3O3S. The summed E-state index contributed by atoms with van der Waals surface area (Å²) in [5.41, 5.74) is 2.71. The molecular weight excluding hydrogens is 326 g/mol. The Labute approximate surface area is 144 Å². The number of sulfonamides is 1. The molecule has 0 unspecified atom stereocenters. The van der Waals surface area contributed by atoms with Crippen molar-refractivity contribution in [1.82, 2.24) is 14.5 Å². The average Bonchev–Trinajstić information content (AvgIpc) is 2.56. The van der Waals surface area contributed by atoms with Gasteiger partial charge in [-0.05, 0) is 43.5 Å². The Morgan fingerprint density at radius 2 is 1.71 bits per heavy atom. The number of rotatable bonds is 5. The maximum atomic E-state index is 13.0. The quantitative estimate of drug-likeness (QED) is 0.859. The van der Waals surface area contributed by atoms with Gasteiger partial charge in [0.15, 0.2) is 0 Å². The van der Waals surface area contributed by atoms with Crippen LogP contribution < -0.4 is 5.32 Å². The largest absolute Gasteiger partial charge is 0.339 e. The number of benzene rings is 1. The standard InChI is InChI=1S/C17H27N3O3S/c1-5-20(12-17(21)19-8-6-18-7-9-19)24(22,23)16-11-14(3)13(2)10-15(16)4/h10-11,18H,5-9,12H2,1-4H3. The highest BCUT2D eigenvalue weighted by atomic mass is 32.2. The topological polar surface area (TPSA) is 69.7 Å². The molecule has 1 aromatic rings. The fourth-order valence-corrected chi connectivity index (χ4v) is 4.57. The Bertz CT molecular complexity index is 710. The summed E-state index contributed by atoms with van der Waals surface area (Å²) in [5, 5.41) is 3.19. The maximum Gasteiger partial charge on any atom is 0.243 e. The maximum absolute atomic E-state index is 13.0. The zero-order valence-electron chi connectivity index (χ0n) is 14.9. The van der Waals surface area contributed by atoms with E-state index >= 15 is 0 Å². The number of aryl methyl sites for hydroxylation is 3. The Morgan fingerprint density at radius 3 is 2.29 bits per heavy atom. The van der Waals surface area contributed by atoms with Crippen LogP contribution in [0.15, 0.2) is 17.0 Å². The first-order valence-corrected chi connectivity index (χ1v) is 9.78. The summed E-state index contributed by atoms with van der Waals surface area (Å²) in [6.45, 7) is 10.3. The third-order valence-corrected chi connectivity index (χ3v) is 6.61. The molecule has 1 saturated heterocycles.